The zero-order valence-corrected chi connectivity index (χ0v) is 13.5. The van der Waals surface area contributed by atoms with Gasteiger partial charge in [-0.3, -0.25) is 4.79 Å². The lowest BCUT2D eigenvalue weighted by Crippen LogP contribution is -2.13. The van der Waals surface area contributed by atoms with E-state index in [1.54, 1.807) is 0 Å². The van der Waals surface area contributed by atoms with Gasteiger partial charge in [0, 0.05) is 8.95 Å². The van der Waals surface area contributed by atoms with Crippen LogP contribution in [0.15, 0.2) is 45.3 Å². The highest BCUT2D eigenvalue weighted by molar-refractivity contribution is 9.11. The van der Waals surface area contributed by atoms with E-state index in [1.165, 1.54) is 36.4 Å². The highest BCUT2D eigenvalue weighted by Gasteiger charge is 2.14. The van der Waals surface area contributed by atoms with Crippen LogP contribution in [-0.2, 0) is 0 Å². The average Bonchev–Trinajstić information content (AvgIpc) is 2.40. The van der Waals surface area contributed by atoms with E-state index in [4.69, 9.17) is 5.11 Å². The molecular formula is C14H8Br2FNO3. The van der Waals surface area contributed by atoms with Gasteiger partial charge in [-0.15, -0.1) is 0 Å². The smallest absolute Gasteiger partial charge is 0.335 e. The lowest BCUT2D eigenvalue weighted by atomic mass is 10.1. The molecule has 0 aliphatic rings. The van der Waals surface area contributed by atoms with Gasteiger partial charge in [-0.1, -0.05) is 0 Å². The topological polar surface area (TPSA) is 66.4 Å². The first-order valence-electron chi connectivity index (χ1n) is 5.67. The summed E-state index contributed by atoms with van der Waals surface area (Å²) in [7, 11) is 0. The Hall–Kier alpha value is -1.73. The van der Waals surface area contributed by atoms with Crippen molar-refractivity contribution in [3.05, 3.63) is 62.3 Å². The van der Waals surface area contributed by atoms with Crippen LogP contribution in [0, 0.1) is 5.82 Å². The molecule has 21 heavy (non-hydrogen) atoms. The third-order valence-electron chi connectivity index (χ3n) is 2.64. The van der Waals surface area contributed by atoms with E-state index < -0.39 is 17.7 Å². The Bertz CT molecular complexity index is 734. The Labute approximate surface area is 136 Å². The van der Waals surface area contributed by atoms with Crippen molar-refractivity contribution >= 4 is 49.4 Å². The van der Waals surface area contributed by atoms with Crippen molar-refractivity contribution in [2.45, 2.75) is 0 Å². The number of hydrogen-bond acceptors (Lipinski definition) is 2. The monoisotopic (exact) mass is 415 g/mol. The number of amides is 1. The summed E-state index contributed by atoms with van der Waals surface area (Å²) in [5.74, 6) is -2.04. The molecule has 2 aromatic rings. The molecular weight excluding hydrogens is 409 g/mol. The Kier molecular flexibility index (Phi) is 4.74. The second-order valence-corrected chi connectivity index (χ2v) is 5.79. The van der Waals surface area contributed by atoms with Gasteiger partial charge in [-0.05, 0) is 68.3 Å². The Morgan fingerprint density at radius 3 is 2.38 bits per heavy atom. The molecule has 0 aliphatic carbocycles. The first-order chi connectivity index (χ1) is 9.88. The summed E-state index contributed by atoms with van der Waals surface area (Å²) in [6, 6.07) is 7.96. The van der Waals surface area contributed by atoms with Crippen molar-refractivity contribution in [2.75, 3.05) is 5.32 Å². The van der Waals surface area contributed by atoms with Crippen molar-refractivity contribution in [3.63, 3.8) is 0 Å². The highest BCUT2D eigenvalue weighted by atomic mass is 79.9. The number of anilines is 1. The van der Waals surface area contributed by atoms with Crippen LogP contribution in [0.25, 0.3) is 0 Å². The number of halogens is 3. The van der Waals surface area contributed by atoms with Gasteiger partial charge in [0.1, 0.15) is 5.82 Å². The lowest BCUT2D eigenvalue weighted by Gasteiger charge is -2.09. The minimum atomic E-state index is -1.10. The zero-order valence-electron chi connectivity index (χ0n) is 10.4. The molecule has 0 unspecified atom stereocenters. The van der Waals surface area contributed by atoms with Gasteiger partial charge >= 0.3 is 5.97 Å². The number of hydrogen-bond donors (Lipinski definition) is 2. The summed E-state index contributed by atoms with van der Waals surface area (Å²) in [6.45, 7) is 0. The number of carbonyl (C=O) groups excluding carboxylic acids is 1. The minimum absolute atomic E-state index is 0.0478. The maximum atomic E-state index is 13.0. The van der Waals surface area contributed by atoms with E-state index in [0.29, 0.717) is 14.6 Å². The van der Waals surface area contributed by atoms with Crippen LogP contribution < -0.4 is 5.32 Å². The van der Waals surface area contributed by atoms with E-state index in [9.17, 15) is 14.0 Å². The molecule has 7 heteroatoms. The Balaban J connectivity index is 2.31. The van der Waals surface area contributed by atoms with Crippen molar-refractivity contribution < 1.29 is 19.1 Å². The van der Waals surface area contributed by atoms with Crippen molar-refractivity contribution in [3.8, 4) is 0 Å². The molecule has 0 spiro atoms. The molecule has 0 radical (unpaired) electrons. The summed E-state index contributed by atoms with van der Waals surface area (Å²) in [5.41, 5.74) is 0.604. The number of carboxylic acid groups (broad SMARTS) is 1. The van der Waals surface area contributed by atoms with Crippen molar-refractivity contribution in [1.29, 1.82) is 0 Å². The largest absolute Gasteiger partial charge is 0.478 e. The normalized spacial score (nSPS) is 10.2. The van der Waals surface area contributed by atoms with Crippen LogP contribution >= 0.6 is 31.9 Å². The molecule has 108 valence electrons. The number of aromatic carboxylic acids is 1. The van der Waals surface area contributed by atoms with Gasteiger partial charge in [0.2, 0.25) is 0 Å². The van der Waals surface area contributed by atoms with Crippen molar-refractivity contribution in [2.24, 2.45) is 0 Å². The first-order valence-corrected chi connectivity index (χ1v) is 7.26. The molecule has 1 amide bonds. The summed E-state index contributed by atoms with van der Waals surface area (Å²) in [4.78, 5) is 23.1. The molecule has 2 rings (SSSR count). The second-order valence-electron chi connectivity index (χ2n) is 4.08. The quantitative estimate of drug-likeness (QED) is 0.783. The standard InChI is InChI=1S/C14H8Br2FNO3/c15-10-4-1-7(14(20)21)5-12(10)18-13(19)9-3-2-8(17)6-11(9)16/h1-6H,(H,18,19)(H,20,21). The van der Waals surface area contributed by atoms with E-state index >= 15 is 0 Å². The molecule has 4 nitrogen and oxygen atoms in total. The molecule has 0 atom stereocenters. The molecule has 0 fully saturated rings. The fraction of sp³-hybridized carbons (Fsp3) is 0. The van der Waals surface area contributed by atoms with E-state index in [-0.39, 0.29) is 11.1 Å². The first kappa shape index (κ1) is 15.7. The molecule has 0 saturated heterocycles. The maximum absolute atomic E-state index is 13.0. The molecule has 2 aromatic carbocycles. The van der Waals surface area contributed by atoms with E-state index in [1.807, 2.05) is 0 Å². The number of nitrogens with one attached hydrogen (secondary N) is 1. The average molecular weight is 417 g/mol. The lowest BCUT2D eigenvalue weighted by molar-refractivity contribution is 0.0696. The van der Waals surface area contributed by atoms with Gasteiger partial charge in [0.15, 0.2) is 0 Å². The van der Waals surface area contributed by atoms with Gasteiger partial charge < -0.3 is 10.4 Å². The van der Waals surface area contributed by atoms with Gasteiger partial charge in [0.25, 0.3) is 5.91 Å². The maximum Gasteiger partial charge on any atom is 0.335 e. The SMILES string of the molecule is O=C(O)c1ccc(Br)c(NC(=O)c2ccc(F)cc2Br)c1. The van der Waals surface area contributed by atoms with Gasteiger partial charge in [-0.25, -0.2) is 9.18 Å². The highest BCUT2D eigenvalue weighted by Crippen LogP contribution is 2.26. The minimum Gasteiger partial charge on any atom is -0.478 e. The number of carbonyl (C=O) groups is 2. The molecule has 0 bridgehead atoms. The molecule has 0 aliphatic heterocycles. The van der Waals surface area contributed by atoms with Crippen LogP contribution in [-0.4, -0.2) is 17.0 Å². The van der Waals surface area contributed by atoms with E-state index in [0.717, 1.165) is 0 Å². The predicted molar refractivity (Wildman–Crippen MR) is 83.2 cm³/mol. The fourth-order valence-electron chi connectivity index (χ4n) is 1.62. The number of carboxylic acids is 1. The molecule has 0 heterocycles. The van der Waals surface area contributed by atoms with Gasteiger partial charge in [-0.2, -0.15) is 0 Å². The van der Waals surface area contributed by atoms with Gasteiger partial charge in [0.05, 0.1) is 16.8 Å². The van der Waals surface area contributed by atoms with E-state index in [2.05, 4.69) is 37.2 Å². The molecule has 2 N–H and O–H groups in total. The van der Waals surface area contributed by atoms with Crippen LogP contribution in [0.2, 0.25) is 0 Å². The molecule has 0 aromatic heterocycles. The van der Waals surface area contributed by atoms with Crippen LogP contribution in [0.1, 0.15) is 20.7 Å². The number of benzene rings is 2. The summed E-state index contributed by atoms with van der Waals surface area (Å²) < 4.78 is 13.9. The Morgan fingerprint density at radius 1 is 1.05 bits per heavy atom. The second kappa shape index (κ2) is 6.36. The summed E-state index contributed by atoms with van der Waals surface area (Å²) in [5, 5.41) is 11.5. The van der Waals surface area contributed by atoms with Crippen molar-refractivity contribution in [1.82, 2.24) is 0 Å². The van der Waals surface area contributed by atoms with Crippen LogP contribution in [0.4, 0.5) is 10.1 Å². The summed E-state index contributed by atoms with van der Waals surface area (Å²) in [6.07, 6.45) is 0. The third kappa shape index (κ3) is 3.68. The predicted octanol–water partition coefficient (Wildman–Crippen LogP) is 4.30. The third-order valence-corrected chi connectivity index (χ3v) is 3.98. The van der Waals surface area contributed by atoms with Crippen LogP contribution in [0.5, 0.6) is 0 Å². The molecule has 0 saturated carbocycles. The number of rotatable bonds is 3. The zero-order chi connectivity index (χ0) is 15.6. The Morgan fingerprint density at radius 2 is 1.76 bits per heavy atom. The fourth-order valence-corrected chi connectivity index (χ4v) is 2.49. The summed E-state index contributed by atoms with van der Waals surface area (Å²) >= 11 is 6.34. The van der Waals surface area contributed by atoms with Crippen LogP contribution in [0.3, 0.4) is 0 Å².